The molecule has 0 saturated heterocycles. The van der Waals surface area contributed by atoms with Crippen molar-refractivity contribution in [1.82, 2.24) is 5.32 Å². The lowest BCUT2D eigenvalue weighted by Gasteiger charge is -2.10. The van der Waals surface area contributed by atoms with E-state index in [1.54, 1.807) is 0 Å². The van der Waals surface area contributed by atoms with Gasteiger partial charge in [0.25, 0.3) is 0 Å². The SMILES string of the molecule is COC(=O)Cc1ccccc1CNCCC(C)C. The Kier molecular flexibility index (Phi) is 6.44. The van der Waals surface area contributed by atoms with Crippen molar-refractivity contribution in [2.24, 2.45) is 5.92 Å². The molecule has 0 bridgehead atoms. The van der Waals surface area contributed by atoms with Crippen molar-refractivity contribution < 1.29 is 9.53 Å². The van der Waals surface area contributed by atoms with E-state index < -0.39 is 0 Å². The van der Waals surface area contributed by atoms with Gasteiger partial charge in [-0.05, 0) is 30.0 Å². The van der Waals surface area contributed by atoms with E-state index in [9.17, 15) is 4.79 Å². The molecule has 0 saturated carbocycles. The number of esters is 1. The molecule has 0 aliphatic carbocycles. The predicted molar refractivity (Wildman–Crippen MR) is 73.3 cm³/mol. The number of carbonyl (C=O) groups excluding carboxylic acids is 1. The molecule has 0 radical (unpaired) electrons. The van der Waals surface area contributed by atoms with Gasteiger partial charge >= 0.3 is 5.97 Å². The molecular weight excluding hydrogens is 226 g/mol. The van der Waals surface area contributed by atoms with Crippen LogP contribution < -0.4 is 5.32 Å². The highest BCUT2D eigenvalue weighted by molar-refractivity contribution is 5.72. The van der Waals surface area contributed by atoms with Crippen molar-refractivity contribution in [3.63, 3.8) is 0 Å². The van der Waals surface area contributed by atoms with Crippen molar-refractivity contribution in [3.05, 3.63) is 35.4 Å². The summed E-state index contributed by atoms with van der Waals surface area (Å²) in [5, 5.41) is 3.41. The van der Waals surface area contributed by atoms with Crippen LogP contribution in [0.5, 0.6) is 0 Å². The van der Waals surface area contributed by atoms with Crippen LogP contribution in [-0.2, 0) is 22.5 Å². The Morgan fingerprint density at radius 2 is 1.94 bits per heavy atom. The molecule has 1 N–H and O–H groups in total. The third-order valence-electron chi connectivity index (χ3n) is 2.89. The maximum Gasteiger partial charge on any atom is 0.309 e. The third kappa shape index (κ3) is 5.32. The fourth-order valence-corrected chi connectivity index (χ4v) is 1.74. The Labute approximate surface area is 110 Å². The zero-order valence-electron chi connectivity index (χ0n) is 11.5. The van der Waals surface area contributed by atoms with Gasteiger partial charge in [-0.15, -0.1) is 0 Å². The lowest BCUT2D eigenvalue weighted by molar-refractivity contribution is -0.139. The van der Waals surface area contributed by atoms with E-state index in [-0.39, 0.29) is 5.97 Å². The van der Waals surface area contributed by atoms with Crippen molar-refractivity contribution in [3.8, 4) is 0 Å². The summed E-state index contributed by atoms with van der Waals surface area (Å²) < 4.78 is 4.71. The van der Waals surface area contributed by atoms with Crippen LogP contribution in [0.15, 0.2) is 24.3 Å². The van der Waals surface area contributed by atoms with Gasteiger partial charge in [-0.1, -0.05) is 38.1 Å². The standard InChI is InChI=1S/C15H23NO2/c1-12(2)8-9-16-11-14-7-5-4-6-13(14)10-15(17)18-3/h4-7,12,16H,8-11H2,1-3H3. The molecule has 1 aromatic rings. The number of benzene rings is 1. The Morgan fingerprint density at radius 3 is 2.56 bits per heavy atom. The fourth-order valence-electron chi connectivity index (χ4n) is 1.74. The maximum atomic E-state index is 11.3. The summed E-state index contributed by atoms with van der Waals surface area (Å²) in [5.41, 5.74) is 2.22. The number of carbonyl (C=O) groups is 1. The first kappa shape index (κ1) is 14.7. The lowest BCUT2D eigenvalue weighted by Crippen LogP contribution is -2.18. The summed E-state index contributed by atoms with van der Waals surface area (Å²) in [6, 6.07) is 7.99. The largest absolute Gasteiger partial charge is 0.469 e. The normalized spacial score (nSPS) is 10.7. The number of methoxy groups -OCH3 is 1. The molecule has 0 unspecified atom stereocenters. The highest BCUT2D eigenvalue weighted by atomic mass is 16.5. The van der Waals surface area contributed by atoms with E-state index in [0.717, 1.165) is 18.7 Å². The Hall–Kier alpha value is -1.35. The van der Waals surface area contributed by atoms with E-state index in [0.29, 0.717) is 12.3 Å². The van der Waals surface area contributed by atoms with Crippen LogP contribution in [0.4, 0.5) is 0 Å². The average Bonchev–Trinajstić information content (AvgIpc) is 2.36. The van der Waals surface area contributed by atoms with Gasteiger partial charge in [0.15, 0.2) is 0 Å². The Morgan fingerprint density at radius 1 is 1.28 bits per heavy atom. The molecule has 0 aliphatic heterocycles. The minimum absolute atomic E-state index is 0.190. The average molecular weight is 249 g/mol. The van der Waals surface area contributed by atoms with Crippen molar-refractivity contribution in [2.45, 2.75) is 33.2 Å². The number of hydrogen-bond donors (Lipinski definition) is 1. The van der Waals surface area contributed by atoms with Gasteiger partial charge in [0.05, 0.1) is 13.5 Å². The summed E-state index contributed by atoms with van der Waals surface area (Å²) >= 11 is 0. The van der Waals surface area contributed by atoms with Gasteiger partial charge in [-0.25, -0.2) is 0 Å². The highest BCUT2D eigenvalue weighted by Crippen LogP contribution is 2.10. The Bertz CT molecular complexity index is 375. The molecule has 0 atom stereocenters. The monoisotopic (exact) mass is 249 g/mol. The topological polar surface area (TPSA) is 38.3 Å². The molecule has 0 heterocycles. The first-order valence-electron chi connectivity index (χ1n) is 6.47. The summed E-state index contributed by atoms with van der Waals surface area (Å²) in [6.45, 7) is 6.24. The van der Waals surface area contributed by atoms with Crippen molar-refractivity contribution in [1.29, 1.82) is 0 Å². The summed E-state index contributed by atoms with van der Waals surface area (Å²) in [6.07, 6.45) is 1.51. The van der Waals surface area contributed by atoms with Crippen LogP contribution in [0, 0.1) is 5.92 Å². The van der Waals surface area contributed by atoms with Crippen LogP contribution in [0.3, 0.4) is 0 Å². The molecule has 0 fully saturated rings. The molecule has 18 heavy (non-hydrogen) atoms. The summed E-state index contributed by atoms with van der Waals surface area (Å²) in [7, 11) is 1.42. The van der Waals surface area contributed by atoms with Gasteiger partial charge in [0.2, 0.25) is 0 Å². The highest BCUT2D eigenvalue weighted by Gasteiger charge is 2.07. The summed E-state index contributed by atoms with van der Waals surface area (Å²) in [4.78, 5) is 11.3. The quantitative estimate of drug-likeness (QED) is 0.596. The van der Waals surface area contributed by atoms with E-state index in [2.05, 4.69) is 25.2 Å². The zero-order valence-corrected chi connectivity index (χ0v) is 11.5. The van der Waals surface area contributed by atoms with Crippen molar-refractivity contribution >= 4 is 5.97 Å². The molecule has 100 valence electrons. The molecule has 1 rings (SSSR count). The van der Waals surface area contributed by atoms with Gasteiger partial charge < -0.3 is 10.1 Å². The lowest BCUT2D eigenvalue weighted by atomic mass is 10.0. The van der Waals surface area contributed by atoms with E-state index in [4.69, 9.17) is 4.74 Å². The predicted octanol–water partition coefficient (Wildman–Crippen LogP) is 2.54. The number of rotatable bonds is 7. The molecule has 0 amide bonds. The van der Waals surface area contributed by atoms with E-state index in [1.807, 2.05) is 18.2 Å². The second-order valence-corrected chi connectivity index (χ2v) is 4.88. The first-order valence-corrected chi connectivity index (χ1v) is 6.47. The molecule has 0 aromatic heterocycles. The van der Waals surface area contributed by atoms with Gasteiger partial charge in [0, 0.05) is 6.54 Å². The van der Waals surface area contributed by atoms with Crippen LogP contribution in [0.1, 0.15) is 31.4 Å². The molecule has 0 aliphatic rings. The molecule has 0 spiro atoms. The van der Waals surface area contributed by atoms with Crippen LogP contribution in [0.2, 0.25) is 0 Å². The third-order valence-corrected chi connectivity index (χ3v) is 2.89. The molecule has 1 aromatic carbocycles. The van der Waals surface area contributed by atoms with Crippen LogP contribution >= 0.6 is 0 Å². The second-order valence-electron chi connectivity index (χ2n) is 4.88. The second kappa shape index (κ2) is 7.88. The fraction of sp³-hybridized carbons (Fsp3) is 0.533. The number of hydrogen-bond acceptors (Lipinski definition) is 3. The smallest absolute Gasteiger partial charge is 0.309 e. The first-order chi connectivity index (χ1) is 8.63. The minimum atomic E-state index is -0.190. The maximum absolute atomic E-state index is 11.3. The molecule has 3 heteroatoms. The van der Waals surface area contributed by atoms with Crippen LogP contribution in [-0.4, -0.2) is 19.6 Å². The van der Waals surface area contributed by atoms with Crippen LogP contribution in [0.25, 0.3) is 0 Å². The van der Waals surface area contributed by atoms with E-state index in [1.165, 1.54) is 19.1 Å². The summed E-state index contributed by atoms with van der Waals surface area (Å²) in [5.74, 6) is 0.521. The van der Waals surface area contributed by atoms with E-state index >= 15 is 0 Å². The number of nitrogens with one attached hydrogen (secondary N) is 1. The molecular formula is C15H23NO2. The van der Waals surface area contributed by atoms with Gasteiger partial charge in [0.1, 0.15) is 0 Å². The van der Waals surface area contributed by atoms with Gasteiger partial charge in [-0.3, -0.25) is 4.79 Å². The Balaban J connectivity index is 2.51. The number of ether oxygens (including phenoxy) is 1. The van der Waals surface area contributed by atoms with Gasteiger partial charge in [-0.2, -0.15) is 0 Å². The molecule has 3 nitrogen and oxygen atoms in total. The minimum Gasteiger partial charge on any atom is -0.469 e. The van der Waals surface area contributed by atoms with Crippen molar-refractivity contribution in [2.75, 3.05) is 13.7 Å². The zero-order chi connectivity index (χ0) is 13.4.